The molecule has 0 atom stereocenters. The average Bonchev–Trinajstić information content (AvgIpc) is 3.42. The molecule has 0 amide bonds. The summed E-state index contributed by atoms with van der Waals surface area (Å²) in [5.41, 5.74) is 13.3. The lowest BCUT2D eigenvalue weighted by Gasteiger charge is -2.46. The molecule has 0 aliphatic heterocycles. The molecular formula is C66H48O2. The summed E-state index contributed by atoms with van der Waals surface area (Å²) in [4.78, 5) is 0. The van der Waals surface area contributed by atoms with Crippen LogP contribution < -0.4 is 0 Å². The first-order chi connectivity index (χ1) is 33.5. The molecule has 1 aliphatic carbocycles. The maximum Gasteiger partial charge on any atom is 0.141 e. The van der Waals surface area contributed by atoms with Gasteiger partial charge in [-0.15, -0.1) is 0 Å². The lowest BCUT2D eigenvalue weighted by atomic mass is 9.62. The number of benzene rings is 10. The lowest BCUT2D eigenvalue weighted by molar-refractivity contribution is 0.0754. The first-order valence-electron chi connectivity index (χ1n) is 23.2. The Bertz CT molecular complexity index is 3100. The van der Waals surface area contributed by atoms with Crippen LogP contribution in [0.2, 0.25) is 0 Å². The highest BCUT2D eigenvalue weighted by Gasteiger charge is 2.52. The molecule has 0 saturated heterocycles. The van der Waals surface area contributed by atoms with Crippen molar-refractivity contribution >= 4 is 23.3 Å². The summed E-state index contributed by atoms with van der Waals surface area (Å²) in [7, 11) is 0. The van der Waals surface area contributed by atoms with E-state index < -0.39 is 11.2 Å². The summed E-state index contributed by atoms with van der Waals surface area (Å²) in [6.45, 7) is 0. The van der Waals surface area contributed by atoms with Gasteiger partial charge in [-0.1, -0.05) is 255 Å². The van der Waals surface area contributed by atoms with Gasteiger partial charge in [0.2, 0.25) is 0 Å². The first kappa shape index (κ1) is 42.2. The number of hydrogen-bond acceptors (Lipinski definition) is 2. The fraction of sp³-hybridized carbons (Fsp3) is 0.0303. The van der Waals surface area contributed by atoms with E-state index in [4.69, 9.17) is 0 Å². The van der Waals surface area contributed by atoms with E-state index in [0.717, 1.165) is 77.9 Å². The van der Waals surface area contributed by atoms with Gasteiger partial charge in [-0.2, -0.15) is 0 Å². The van der Waals surface area contributed by atoms with E-state index in [2.05, 4.69) is 170 Å². The molecule has 10 aromatic carbocycles. The second-order valence-electron chi connectivity index (χ2n) is 17.4. The van der Waals surface area contributed by atoms with Gasteiger partial charge >= 0.3 is 0 Å². The van der Waals surface area contributed by atoms with E-state index in [1.807, 2.05) is 109 Å². The lowest BCUT2D eigenvalue weighted by Crippen LogP contribution is -2.44. The Labute approximate surface area is 398 Å². The minimum atomic E-state index is -1.63. The summed E-state index contributed by atoms with van der Waals surface area (Å²) in [5.74, 6) is 0. The Hall–Kier alpha value is -8.40. The van der Waals surface area contributed by atoms with Crippen molar-refractivity contribution in [1.29, 1.82) is 0 Å². The van der Waals surface area contributed by atoms with E-state index in [1.165, 1.54) is 0 Å². The van der Waals surface area contributed by atoms with Gasteiger partial charge in [0.05, 0.1) is 0 Å². The first-order valence-corrected chi connectivity index (χ1v) is 23.2. The maximum absolute atomic E-state index is 13.8. The summed E-state index contributed by atoms with van der Waals surface area (Å²) in [6, 6.07) is 91.0. The molecule has 0 radical (unpaired) electrons. The molecule has 0 heterocycles. The van der Waals surface area contributed by atoms with Gasteiger partial charge in [0.25, 0.3) is 0 Å². The molecule has 0 saturated carbocycles. The fourth-order valence-electron chi connectivity index (χ4n) is 10.3. The van der Waals surface area contributed by atoms with Crippen LogP contribution in [-0.4, -0.2) is 10.2 Å². The van der Waals surface area contributed by atoms with Crippen molar-refractivity contribution in [1.82, 2.24) is 0 Å². The van der Waals surface area contributed by atoms with Crippen LogP contribution in [0.25, 0.3) is 45.6 Å². The van der Waals surface area contributed by atoms with Crippen LogP contribution >= 0.6 is 0 Å². The van der Waals surface area contributed by atoms with Crippen LogP contribution in [0, 0.1) is 0 Å². The molecular weight excluding hydrogens is 825 g/mol. The molecule has 0 fully saturated rings. The van der Waals surface area contributed by atoms with E-state index in [-0.39, 0.29) is 0 Å². The van der Waals surface area contributed by atoms with Crippen LogP contribution in [0.3, 0.4) is 0 Å². The van der Waals surface area contributed by atoms with Crippen molar-refractivity contribution < 1.29 is 10.2 Å². The molecule has 11 rings (SSSR count). The third-order valence-corrected chi connectivity index (χ3v) is 13.4. The van der Waals surface area contributed by atoms with Crippen LogP contribution in [0.15, 0.2) is 267 Å². The molecule has 2 nitrogen and oxygen atoms in total. The van der Waals surface area contributed by atoms with Gasteiger partial charge in [0.15, 0.2) is 0 Å². The Morgan fingerprint density at radius 3 is 0.838 bits per heavy atom. The Kier molecular flexibility index (Phi) is 11.3. The molecule has 0 unspecified atom stereocenters. The van der Waals surface area contributed by atoms with Crippen molar-refractivity contribution in [2.75, 3.05) is 0 Å². The summed E-state index contributed by atoms with van der Waals surface area (Å²) in [6.07, 6.45) is 4.48. The smallest absolute Gasteiger partial charge is 0.141 e. The third kappa shape index (κ3) is 7.62. The summed E-state index contributed by atoms with van der Waals surface area (Å²) >= 11 is 0. The van der Waals surface area contributed by atoms with Gasteiger partial charge < -0.3 is 10.2 Å². The van der Waals surface area contributed by atoms with Gasteiger partial charge in [0.1, 0.15) is 11.2 Å². The zero-order chi connectivity index (χ0) is 45.9. The van der Waals surface area contributed by atoms with Crippen molar-refractivity contribution in [2.24, 2.45) is 0 Å². The minimum absolute atomic E-state index is 0.627. The highest BCUT2D eigenvalue weighted by molar-refractivity contribution is 5.93. The predicted molar refractivity (Wildman–Crippen MR) is 281 cm³/mol. The highest BCUT2D eigenvalue weighted by Crippen LogP contribution is 2.55. The maximum atomic E-state index is 13.8. The number of hydrogen-bond donors (Lipinski definition) is 2. The quantitative estimate of drug-likeness (QED) is 0.134. The number of rotatable bonds is 10. The SMILES string of the molecule is OC1(c2ccccc2-c2cccc(C=C(c3ccccc3)c3ccccc3)c2)c2ccccc2C(O)(c2ccccc2-c2cccc(C=C(c3ccccc3)c3ccccc3)c2)c2ccccc21. The van der Waals surface area contributed by atoms with Crippen LogP contribution in [0.5, 0.6) is 0 Å². The van der Waals surface area contributed by atoms with E-state index in [1.54, 1.807) is 0 Å². The third-order valence-electron chi connectivity index (χ3n) is 13.4. The topological polar surface area (TPSA) is 40.5 Å². The number of fused-ring (bicyclic) bond motifs is 2. The highest BCUT2D eigenvalue weighted by atomic mass is 16.3. The van der Waals surface area contributed by atoms with Gasteiger partial charge in [-0.3, -0.25) is 0 Å². The predicted octanol–water partition coefficient (Wildman–Crippen LogP) is 15.1. The van der Waals surface area contributed by atoms with E-state index in [0.29, 0.717) is 22.3 Å². The minimum Gasteiger partial charge on any atom is -0.376 e. The number of aliphatic hydroxyl groups is 2. The normalized spacial score (nSPS) is 15.9. The summed E-state index contributed by atoms with van der Waals surface area (Å²) < 4.78 is 0. The molecule has 0 aromatic heterocycles. The van der Waals surface area contributed by atoms with Crippen molar-refractivity contribution in [3.05, 3.63) is 334 Å². The Balaban J connectivity index is 1.04. The monoisotopic (exact) mass is 872 g/mol. The summed E-state index contributed by atoms with van der Waals surface area (Å²) in [5, 5.41) is 27.7. The largest absolute Gasteiger partial charge is 0.376 e. The van der Waals surface area contributed by atoms with Crippen LogP contribution in [-0.2, 0) is 11.2 Å². The van der Waals surface area contributed by atoms with Crippen LogP contribution in [0.4, 0.5) is 0 Å². The Morgan fingerprint density at radius 2 is 0.529 bits per heavy atom. The van der Waals surface area contributed by atoms with E-state index >= 15 is 0 Å². The molecule has 2 N–H and O–H groups in total. The molecule has 0 bridgehead atoms. The molecule has 68 heavy (non-hydrogen) atoms. The van der Waals surface area contributed by atoms with Crippen molar-refractivity contribution in [3.63, 3.8) is 0 Å². The van der Waals surface area contributed by atoms with Crippen LogP contribution in [0.1, 0.15) is 66.8 Å². The Morgan fingerprint density at radius 1 is 0.265 bits per heavy atom. The van der Waals surface area contributed by atoms with Gasteiger partial charge in [0, 0.05) is 11.1 Å². The van der Waals surface area contributed by atoms with E-state index in [9.17, 15) is 10.2 Å². The fourth-order valence-corrected chi connectivity index (χ4v) is 10.3. The molecule has 10 aromatic rings. The zero-order valence-corrected chi connectivity index (χ0v) is 37.5. The van der Waals surface area contributed by atoms with Gasteiger partial charge in [-0.25, -0.2) is 0 Å². The van der Waals surface area contributed by atoms with Gasteiger partial charge in [-0.05, 0) is 113 Å². The zero-order valence-electron chi connectivity index (χ0n) is 37.5. The standard InChI is InChI=1S/C66H48O2/c67-65(59-37-15-13-35-55(59)53-33-21-23-47(43-53)45-57(49-25-5-1-6-26-49)50-27-7-2-8-28-50)61-39-17-19-41-63(61)66(68,64-42-20-18-40-62(64)65)60-38-16-14-36-56(60)54-34-22-24-48(44-54)46-58(51-29-9-3-10-30-51)52-31-11-4-12-32-52/h1-46,67-68H. The molecule has 2 heteroatoms. The van der Waals surface area contributed by atoms with Crippen molar-refractivity contribution in [3.8, 4) is 22.3 Å². The molecule has 1 aliphatic rings. The molecule has 324 valence electrons. The molecule has 0 spiro atoms. The second kappa shape index (κ2) is 18.1. The average molecular weight is 873 g/mol. The second-order valence-corrected chi connectivity index (χ2v) is 17.4. The van der Waals surface area contributed by atoms with Crippen molar-refractivity contribution in [2.45, 2.75) is 11.2 Å².